The summed E-state index contributed by atoms with van der Waals surface area (Å²) in [5, 5.41) is 1.23. The summed E-state index contributed by atoms with van der Waals surface area (Å²) in [6, 6.07) is 11.7. The number of imide groups is 1. The van der Waals surface area contributed by atoms with E-state index in [9.17, 15) is 9.59 Å². The summed E-state index contributed by atoms with van der Waals surface area (Å²) in [5.41, 5.74) is 2.79. The lowest BCUT2D eigenvalue weighted by Gasteiger charge is -2.36. The quantitative estimate of drug-likeness (QED) is 0.303. The van der Waals surface area contributed by atoms with E-state index in [-0.39, 0.29) is 17.7 Å². The molecule has 8 heteroatoms. The number of carbonyl (C=O) groups excluding carboxylic acids is 2. The lowest BCUT2D eigenvalue weighted by atomic mass is 9.98. The molecule has 0 aromatic heterocycles. The van der Waals surface area contributed by atoms with Crippen molar-refractivity contribution >= 4 is 46.4 Å². The predicted molar refractivity (Wildman–Crippen MR) is 149 cm³/mol. The van der Waals surface area contributed by atoms with Crippen LogP contribution in [0.2, 0.25) is 10.0 Å². The number of aryl methyl sites for hydroxylation is 1. The second-order valence-electron chi connectivity index (χ2n) is 10.3. The van der Waals surface area contributed by atoms with Crippen LogP contribution >= 0.6 is 23.2 Å². The number of unbranched alkanes of at least 4 members (excludes halogenated alkanes) is 1. The molecular weight excluding hydrogens is 509 g/mol. The van der Waals surface area contributed by atoms with Gasteiger partial charge in [-0.15, -0.1) is 0 Å². The van der Waals surface area contributed by atoms with E-state index in [1.807, 2.05) is 36.4 Å². The van der Waals surface area contributed by atoms with E-state index in [1.54, 1.807) is 0 Å². The number of hydrogen-bond donors (Lipinski definition) is 0. The zero-order chi connectivity index (χ0) is 25.8. The number of ether oxygens (including phenoxy) is 1. The third-order valence-corrected chi connectivity index (χ3v) is 8.67. The van der Waals surface area contributed by atoms with Crippen molar-refractivity contribution in [2.75, 3.05) is 49.1 Å². The fourth-order valence-corrected chi connectivity index (χ4v) is 6.13. The Hall–Kier alpha value is -2.28. The number of amides is 2. The Balaban J connectivity index is 1.08. The summed E-state index contributed by atoms with van der Waals surface area (Å²) < 4.78 is 6.05. The Kier molecular flexibility index (Phi) is 8.58. The van der Waals surface area contributed by atoms with Crippen LogP contribution in [0.5, 0.6) is 5.75 Å². The predicted octanol–water partition coefficient (Wildman–Crippen LogP) is 5.97. The van der Waals surface area contributed by atoms with Gasteiger partial charge >= 0.3 is 0 Å². The standard InChI is InChI=1S/C29H35Cl2N3O3/c30-24-8-5-9-25(28(24)31)33-17-15-32(16-18-33)14-3-4-19-37-23-12-10-21-11-13-27(35)34(26(21)20-23)29(36)22-6-1-2-7-22/h5,8-10,12,20,22H,1-4,6-7,11,13-19H2. The molecule has 0 bridgehead atoms. The van der Waals surface area contributed by atoms with Crippen LogP contribution in [0.1, 0.15) is 50.5 Å². The van der Waals surface area contributed by atoms with Gasteiger partial charge in [-0.25, -0.2) is 4.90 Å². The van der Waals surface area contributed by atoms with Gasteiger partial charge in [0, 0.05) is 44.6 Å². The topological polar surface area (TPSA) is 53.1 Å². The molecule has 2 aromatic rings. The third kappa shape index (κ3) is 6.08. The Morgan fingerprint density at radius 1 is 0.946 bits per heavy atom. The van der Waals surface area contributed by atoms with Crippen molar-refractivity contribution in [2.45, 2.75) is 51.4 Å². The minimum atomic E-state index is -0.0840. The molecule has 0 radical (unpaired) electrons. The molecule has 1 aliphatic carbocycles. The summed E-state index contributed by atoms with van der Waals surface area (Å²) in [6.45, 7) is 5.49. The molecule has 37 heavy (non-hydrogen) atoms. The number of piperazine rings is 1. The monoisotopic (exact) mass is 543 g/mol. The van der Waals surface area contributed by atoms with E-state index in [4.69, 9.17) is 27.9 Å². The number of anilines is 2. The second-order valence-corrected chi connectivity index (χ2v) is 11.1. The number of rotatable bonds is 8. The zero-order valence-corrected chi connectivity index (χ0v) is 22.8. The number of benzene rings is 2. The van der Waals surface area contributed by atoms with Gasteiger partial charge in [-0.2, -0.15) is 0 Å². The Labute approximate surface area is 229 Å². The van der Waals surface area contributed by atoms with Crippen molar-refractivity contribution in [3.63, 3.8) is 0 Å². The van der Waals surface area contributed by atoms with Crippen LogP contribution in [-0.2, 0) is 16.0 Å². The second kappa shape index (κ2) is 12.1. The third-order valence-electron chi connectivity index (χ3n) is 7.86. The molecule has 2 aliphatic heterocycles. The van der Waals surface area contributed by atoms with Crippen molar-refractivity contribution < 1.29 is 14.3 Å². The van der Waals surface area contributed by atoms with Crippen LogP contribution < -0.4 is 14.5 Å². The van der Waals surface area contributed by atoms with E-state index >= 15 is 0 Å². The first-order chi connectivity index (χ1) is 18.0. The highest BCUT2D eigenvalue weighted by Crippen LogP contribution is 2.36. The molecule has 5 rings (SSSR count). The van der Waals surface area contributed by atoms with E-state index in [0.717, 1.165) is 93.9 Å². The highest BCUT2D eigenvalue weighted by Gasteiger charge is 2.35. The van der Waals surface area contributed by atoms with Crippen molar-refractivity contribution in [3.8, 4) is 5.75 Å². The van der Waals surface area contributed by atoms with Crippen molar-refractivity contribution in [2.24, 2.45) is 5.92 Å². The maximum atomic E-state index is 13.1. The van der Waals surface area contributed by atoms with Crippen LogP contribution in [0, 0.1) is 5.92 Å². The maximum absolute atomic E-state index is 13.1. The van der Waals surface area contributed by atoms with Crippen LogP contribution in [0.25, 0.3) is 0 Å². The first-order valence-electron chi connectivity index (χ1n) is 13.5. The minimum Gasteiger partial charge on any atom is -0.494 e. The van der Waals surface area contributed by atoms with Crippen LogP contribution in [0.4, 0.5) is 11.4 Å². The molecule has 0 spiro atoms. The summed E-state index contributed by atoms with van der Waals surface area (Å²) in [4.78, 5) is 32.0. The largest absolute Gasteiger partial charge is 0.494 e. The van der Waals surface area contributed by atoms with Crippen molar-refractivity contribution in [3.05, 3.63) is 52.0 Å². The molecule has 3 aliphatic rings. The fourth-order valence-electron chi connectivity index (χ4n) is 5.71. The van der Waals surface area contributed by atoms with Gasteiger partial charge in [0.2, 0.25) is 11.8 Å². The molecule has 198 valence electrons. The SMILES string of the molecule is O=C1CCc2ccc(OCCCCN3CCN(c4cccc(Cl)c4Cl)CC3)cc2N1C(=O)C1CCCC1. The van der Waals surface area contributed by atoms with Gasteiger partial charge in [0.25, 0.3) is 0 Å². The first-order valence-corrected chi connectivity index (χ1v) is 14.3. The molecule has 2 aromatic carbocycles. The Morgan fingerprint density at radius 2 is 1.73 bits per heavy atom. The Bertz CT molecular complexity index is 1130. The molecule has 0 unspecified atom stereocenters. The van der Waals surface area contributed by atoms with Gasteiger partial charge in [0.05, 0.1) is 28.0 Å². The Morgan fingerprint density at radius 3 is 2.51 bits per heavy atom. The van der Waals surface area contributed by atoms with E-state index in [0.29, 0.717) is 29.5 Å². The zero-order valence-electron chi connectivity index (χ0n) is 21.3. The molecule has 6 nitrogen and oxygen atoms in total. The molecule has 1 saturated carbocycles. The number of carbonyl (C=O) groups is 2. The summed E-state index contributed by atoms with van der Waals surface area (Å²) in [6.07, 6.45) is 6.98. The van der Waals surface area contributed by atoms with Crippen LogP contribution in [0.3, 0.4) is 0 Å². The number of halogens is 2. The van der Waals surface area contributed by atoms with Gasteiger partial charge < -0.3 is 9.64 Å². The lowest BCUT2D eigenvalue weighted by molar-refractivity contribution is -0.129. The summed E-state index contributed by atoms with van der Waals surface area (Å²) in [7, 11) is 0. The van der Waals surface area contributed by atoms with Gasteiger partial charge in [-0.3, -0.25) is 14.5 Å². The molecule has 0 N–H and O–H groups in total. The highest BCUT2D eigenvalue weighted by atomic mass is 35.5. The lowest BCUT2D eigenvalue weighted by Crippen LogP contribution is -2.46. The minimum absolute atomic E-state index is 0.0242. The molecule has 2 amide bonds. The fraction of sp³-hybridized carbons (Fsp3) is 0.517. The summed E-state index contributed by atoms with van der Waals surface area (Å²) in [5.74, 6) is 0.589. The summed E-state index contributed by atoms with van der Waals surface area (Å²) >= 11 is 12.6. The maximum Gasteiger partial charge on any atom is 0.236 e. The van der Waals surface area contributed by atoms with Crippen molar-refractivity contribution in [1.29, 1.82) is 0 Å². The average Bonchev–Trinajstić information content (AvgIpc) is 3.45. The number of nitrogens with zero attached hydrogens (tertiary/aromatic N) is 3. The van der Waals surface area contributed by atoms with Gasteiger partial charge in [-0.05, 0) is 62.4 Å². The van der Waals surface area contributed by atoms with Gasteiger partial charge in [0.1, 0.15) is 5.75 Å². The van der Waals surface area contributed by atoms with Crippen LogP contribution in [0.15, 0.2) is 36.4 Å². The molecular formula is C29H35Cl2N3O3. The van der Waals surface area contributed by atoms with Gasteiger partial charge in [0.15, 0.2) is 0 Å². The molecule has 2 heterocycles. The molecule has 1 saturated heterocycles. The number of fused-ring (bicyclic) bond motifs is 1. The van der Waals surface area contributed by atoms with E-state index in [2.05, 4.69) is 9.80 Å². The molecule has 2 fully saturated rings. The highest BCUT2D eigenvalue weighted by molar-refractivity contribution is 6.43. The van der Waals surface area contributed by atoms with E-state index in [1.165, 1.54) is 4.90 Å². The van der Waals surface area contributed by atoms with Crippen molar-refractivity contribution in [1.82, 2.24) is 4.90 Å². The smallest absolute Gasteiger partial charge is 0.236 e. The number of hydrogen-bond acceptors (Lipinski definition) is 5. The first kappa shape index (κ1) is 26.3. The van der Waals surface area contributed by atoms with Gasteiger partial charge in [-0.1, -0.05) is 48.2 Å². The molecule has 0 atom stereocenters. The van der Waals surface area contributed by atoms with Crippen LogP contribution in [-0.4, -0.2) is 56.0 Å². The normalized spacial score (nSPS) is 18.8. The van der Waals surface area contributed by atoms with E-state index < -0.39 is 0 Å². The average molecular weight is 545 g/mol.